The molecule has 0 saturated heterocycles. The van der Waals surface area contributed by atoms with Gasteiger partial charge in [0.15, 0.2) is 0 Å². The van der Waals surface area contributed by atoms with Gasteiger partial charge in [-0.05, 0) is 29.5 Å². The van der Waals surface area contributed by atoms with E-state index in [-0.39, 0.29) is 6.42 Å². The molecule has 0 aliphatic rings. The summed E-state index contributed by atoms with van der Waals surface area (Å²) < 4.78 is 2.24. The Bertz CT molecular complexity index is 504. The van der Waals surface area contributed by atoms with Gasteiger partial charge in [0.1, 0.15) is 0 Å². The molecule has 2 nitrogen and oxygen atoms in total. The van der Waals surface area contributed by atoms with Crippen molar-refractivity contribution in [2.45, 2.75) is 12.8 Å². The molecule has 0 atom stereocenters. The molecule has 0 fully saturated rings. The zero-order valence-corrected chi connectivity index (χ0v) is 10.3. The summed E-state index contributed by atoms with van der Waals surface area (Å²) >= 11 is 5.15. The van der Waals surface area contributed by atoms with Crippen LogP contribution in [0.25, 0.3) is 10.1 Å². The van der Waals surface area contributed by atoms with Crippen LogP contribution >= 0.6 is 27.3 Å². The van der Waals surface area contributed by atoms with Crippen LogP contribution in [0.4, 0.5) is 0 Å². The minimum atomic E-state index is -0.749. The molecule has 0 bridgehead atoms. The van der Waals surface area contributed by atoms with Crippen LogP contribution in [0.3, 0.4) is 0 Å². The van der Waals surface area contributed by atoms with Crippen LogP contribution < -0.4 is 0 Å². The molecule has 4 heteroatoms. The van der Waals surface area contributed by atoms with Gasteiger partial charge >= 0.3 is 5.97 Å². The molecule has 0 aliphatic heterocycles. The lowest BCUT2D eigenvalue weighted by molar-refractivity contribution is -0.136. The molecule has 0 saturated carbocycles. The van der Waals surface area contributed by atoms with E-state index in [9.17, 15) is 4.79 Å². The molecule has 0 unspecified atom stereocenters. The number of hydrogen-bond acceptors (Lipinski definition) is 2. The lowest BCUT2D eigenvalue weighted by Gasteiger charge is -1.99. The van der Waals surface area contributed by atoms with E-state index in [4.69, 9.17) is 5.11 Å². The average Bonchev–Trinajstić information content (AvgIpc) is 2.59. The fourth-order valence-corrected chi connectivity index (χ4v) is 3.31. The molecular weight excluding hydrogens is 276 g/mol. The van der Waals surface area contributed by atoms with E-state index in [1.54, 1.807) is 11.3 Å². The predicted octanol–water partition coefficient (Wildman–Crippen LogP) is 3.68. The van der Waals surface area contributed by atoms with Gasteiger partial charge in [0.25, 0.3) is 0 Å². The van der Waals surface area contributed by atoms with E-state index < -0.39 is 5.97 Å². The van der Waals surface area contributed by atoms with Gasteiger partial charge in [0.05, 0.1) is 0 Å². The maximum absolute atomic E-state index is 10.5. The van der Waals surface area contributed by atoms with E-state index in [2.05, 4.69) is 22.0 Å². The third kappa shape index (κ3) is 2.21. The highest BCUT2D eigenvalue weighted by atomic mass is 79.9. The molecule has 1 aromatic heterocycles. The minimum Gasteiger partial charge on any atom is -0.481 e. The highest BCUT2D eigenvalue weighted by Gasteiger charge is 2.08. The molecule has 2 rings (SSSR count). The summed E-state index contributed by atoms with van der Waals surface area (Å²) in [7, 11) is 0. The fourth-order valence-electron chi connectivity index (χ4n) is 1.53. The van der Waals surface area contributed by atoms with E-state index >= 15 is 0 Å². The third-order valence-electron chi connectivity index (χ3n) is 2.23. The molecule has 0 aliphatic carbocycles. The summed E-state index contributed by atoms with van der Waals surface area (Å²) in [6.07, 6.45) is 0.783. The SMILES string of the molecule is O=C(O)CCc1csc2cccc(Br)c12. The molecule has 1 aromatic carbocycles. The number of aliphatic carboxylic acids is 1. The van der Waals surface area contributed by atoms with Crippen molar-refractivity contribution in [1.82, 2.24) is 0 Å². The second kappa shape index (κ2) is 4.33. The van der Waals surface area contributed by atoms with E-state index in [1.165, 1.54) is 4.70 Å². The maximum Gasteiger partial charge on any atom is 0.303 e. The number of benzene rings is 1. The Balaban J connectivity index is 2.39. The van der Waals surface area contributed by atoms with Gasteiger partial charge in [-0.1, -0.05) is 22.0 Å². The summed E-state index contributed by atoms with van der Waals surface area (Å²) in [5.74, 6) is -0.749. The van der Waals surface area contributed by atoms with Crippen molar-refractivity contribution < 1.29 is 9.90 Å². The number of thiophene rings is 1. The van der Waals surface area contributed by atoms with E-state index in [0.29, 0.717) is 6.42 Å². The Morgan fingerprint density at radius 1 is 1.47 bits per heavy atom. The van der Waals surface area contributed by atoms with Gasteiger partial charge in [-0.2, -0.15) is 0 Å². The molecule has 1 N–H and O–H groups in total. The Kier molecular flexibility index (Phi) is 3.07. The van der Waals surface area contributed by atoms with E-state index in [0.717, 1.165) is 15.4 Å². The van der Waals surface area contributed by atoms with Crippen LogP contribution in [0.5, 0.6) is 0 Å². The number of halogens is 1. The van der Waals surface area contributed by atoms with Crippen molar-refractivity contribution in [3.05, 3.63) is 33.6 Å². The van der Waals surface area contributed by atoms with Crippen LogP contribution in [0.2, 0.25) is 0 Å². The summed E-state index contributed by atoms with van der Waals surface area (Å²) in [6, 6.07) is 6.03. The number of carbonyl (C=O) groups is 1. The topological polar surface area (TPSA) is 37.3 Å². The first-order chi connectivity index (χ1) is 7.18. The first kappa shape index (κ1) is 10.6. The molecule has 78 valence electrons. The van der Waals surface area contributed by atoms with Gasteiger partial charge in [0.2, 0.25) is 0 Å². The molecule has 0 spiro atoms. The van der Waals surface area contributed by atoms with Gasteiger partial charge in [-0.15, -0.1) is 11.3 Å². The maximum atomic E-state index is 10.5. The Morgan fingerprint density at radius 2 is 2.27 bits per heavy atom. The lowest BCUT2D eigenvalue weighted by Crippen LogP contribution is -1.96. The molecule has 2 aromatic rings. The zero-order chi connectivity index (χ0) is 10.8. The van der Waals surface area contributed by atoms with Gasteiger partial charge in [-0.25, -0.2) is 0 Å². The predicted molar refractivity (Wildman–Crippen MR) is 65.5 cm³/mol. The number of rotatable bonds is 3. The second-order valence-electron chi connectivity index (χ2n) is 3.27. The Labute approximate surface area is 99.7 Å². The third-order valence-corrected chi connectivity index (χ3v) is 3.89. The minimum absolute atomic E-state index is 0.188. The summed E-state index contributed by atoms with van der Waals surface area (Å²) in [6.45, 7) is 0. The second-order valence-corrected chi connectivity index (χ2v) is 5.03. The molecule has 15 heavy (non-hydrogen) atoms. The monoisotopic (exact) mass is 284 g/mol. The smallest absolute Gasteiger partial charge is 0.303 e. The molecule has 0 radical (unpaired) electrons. The first-order valence-electron chi connectivity index (χ1n) is 4.55. The average molecular weight is 285 g/mol. The lowest BCUT2D eigenvalue weighted by atomic mass is 10.1. The standard InChI is InChI=1S/C11H9BrO2S/c12-8-2-1-3-9-11(8)7(6-15-9)4-5-10(13)14/h1-3,6H,4-5H2,(H,13,14). The normalized spacial score (nSPS) is 10.7. The van der Waals surface area contributed by atoms with Gasteiger partial charge in [-0.3, -0.25) is 4.79 Å². The van der Waals surface area contributed by atoms with Crippen molar-refractivity contribution in [1.29, 1.82) is 0 Å². The van der Waals surface area contributed by atoms with Gasteiger partial charge in [0, 0.05) is 21.0 Å². The Morgan fingerprint density at radius 3 is 3.00 bits per heavy atom. The summed E-state index contributed by atoms with van der Waals surface area (Å²) in [5.41, 5.74) is 1.12. The van der Waals surface area contributed by atoms with Crippen molar-refractivity contribution in [2.24, 2.45) is 0 Å². The van der Waals surface area contributed by atoms with Crippen molar-refractivity contribution in [3.63, 3.8) is 0 Å². The van der Waals surface area contributed by atoms with Crippen LogP contribution in [0, 0.1) is 0 Å². The largest absolute Gasteiger partial charge is 0.481 e. The van der Waals surface area contributed by atoms with Crippen molar-refractivity contribution in [3.8, 4) is 0 Å². The van der Waals surface area contributed by atoms with Gasteiger partial charge < -0.3 is 5.11 Å². The summed E-state index contributed by atoms with van der Waals surface area (Å²) in [5, 5.41) is 11.8. The molecule has 1 heterocycles. The van der Waals surface area contributed by atoms with Crippen LogP contribution in [0.15, 0.2) is 28.1 Å². The van der Waals surface area contributed by atoms with Crippen LogP contribution in [0.1, 0.15) is 12.0 Å². The van der Waals surface area contributed by atoms with E-state index in [1.807, 2.05) is 17.5 Å². The number of fused-ring (bicyclic) bond motifs is 1. The Hall–Kier alpha value is -0.870. The van der Waals surface area contributed by atoms with Crippen molar-refractivity contribution >= 4 is 43.3 Å². The quantitative estimate of drug-likeness (QED) is 0.934. The number of hydrogen-bond donors (Lipinski definition) is 1. The zero-order valence-electron chi connectivity index (χ0n) is 7.87. The number of carboxylic acids is 1. The van der Waals surface area contributed by atoms with Crippen molar-refractivity contribution in [2.75, 3.05) is 0 Å². The summed E-state index contributed by atoms with van der Waals surface area (Å²) in [4.78, 5) is 10.5. The van der Waals surface area contributed by atoms with Crippen LogP contribution in [-0.4, -0.2) is 11.1 Å². The number of carboxylic acid groups (broad SMARTS) is 1. The molecule has 0 amide bonds. The highest BCUT2D eigenvalue weighted by Crippen LogP contribution is 2.32. The highest BCUT2D eigenvalue weighted by molar-refractivity contribution is 9.10. The fraction of sp³-hybridized carbons (Fsp3) is 0.182. The number of aryl methyl sites for hydroxylation is 1. The van der Waals surface area contributed by atoms with Crippen LogP contribution in [-0.2, 0) is 11.2 Å². The first-order valence-corrected chi connectivity index (χ1v) is 6.22. The molecular formula is C11H9BrO2S.